The van der Waals surface area contributed by atoms with E-state index in [4.69, 9.17) is 0 Å². The number of benzene rings is 1. The minimum absolute atomic E-state index is 0.164. The van der Waals surface area contributed by atoms with Crippen molar-refractivity contribution in [1.82, 2.24) is 5.32 Å². The zero-order valence-electron chi connectivity index (χ0n) is 8.18. The van der Waals surface area contributed by atoms with Gasteiger partial charge in [-0.15, -0.1) is 0 Å². The van der Waals surface area contributed by atoms with Crippen LogP contribution in [0.4, 0.5) is 4.39 Å². The van der Waals surface area contributed by atoms with Crippen LogP contribution in [0.2, 0.25) is 0 Å². The fraction of sp³-hybridized carbons (Fsp3) is 0.455. The van der Waals surface area contributed by atoms with E-state index >= 15 is 0 Å². The largest absolute Gasteiger partial charge is 0.310 e. The highest BCUT2D eigenvalue weighted by Gasteiger charge is 2.03. The summed E-state index contributed by atoms with van der Waals surface area (Å²) in [5, 5.41) is 3.31. The zero-order valence-corrected chi connectivity index (χ0v) is 8.18. The Kier molecular flexibility index (Phi) is 3.90. The van der Waals surface area contributed by atoms with Gasteiger partial charge in [0.1, 0.15) is 5.82 Å². The Labute approximate surface area is 79.0 Å². The first-order valence-electron chi connectivity index (χ1n) is 4.73. The second-order valence-electron chi connectivity index (χ2n) is 3.23. The number of hydrogen-bond donors (Lipinski definition) is 1. The Morgan fingerprint density at radius 2 is 2.23 bits per heavy atom. The van der Waals surface area contributed by atoms with E-state index in [9.17, 15) is 4.39 Å². The zero-order chi connectivity index (χ0) is 9.68. The molecule has 0 spiro atoms. The van der Waals surface area contributed by atoms with Crippen LogP contribution in [0, 0.1) is 5.82 Å². The topological polar surface area (TPSA) is 12.0 Å². The van der Waals surface area contributed by atoms with Gasteiger partial charge in [-0.25, -0.2) is 4.39 Å². The van der Waals surface area contributed by atoms with Gasteiger partial charge in [-0.2, -0.15) is 0 Å². The van der Waals surface area contributed by atoms with E-state index in [1.165, 1.54) is 6.07 Å². The Balaban J connectivity index is 2.60. The van der Waals surface area contributed by atoms with Gasteiger partial charge >= 0.3 is 0 Å². The highest BCUT2D eigenvalue weighted by atomic mass is 19.1. The molecule has 1 rings (SSSR count). The van der Waals surface area contributed by atoms with Gasteiger partial charge in [0, 0.05) is 6.04 Å². The molecule has 1 nitrogen and oxygen atoms in total. The Bertz CT molecular complexity index is 260. The van der Waals surface area contributed by atoms with Gasteiger partial charge in [-0.1, -0.05) is 19.1 Å². The fourth-order valence-electron chi connectivity index (χ4n) is 1.25. The van der Waals surface area contributed by atoms with Gasteiger partial charge in [-0.3, -0.25) is 0 Å². The van der Waals surface area contributed by atoms with Gasteiger partial charge in [0.15, 0.2) is 0 Å². The molecule has 13 heavy (non-hydrogen) atoms. The first-order valence-corrected chi connectivity index (χ1v) is 4.73. The van der Waals surface area contributed by atoms with Gasteiger partial charge in [0.2, 0.25) is 0 Å². The second-order valence-corrected chi connectivity index (χ2v) is 3.23. The molecule has 0 aromatic heterocycles. The standard InChI is InChI=1S/C11H16FN/c1-3-7-13-9(2)10-5-4-6-11(12)8-10/h4-6,8-9,13H,3,7H2,1-2H3/t9-/m0/s1. The van der Waals surface area contributed by atoms with Crippen LogP contribution in [-0.4, -0.2) is 6.54 Å². The van der Waals surface area contributed by atoms with Crippen molar-refractivity contribution in [3.8, 4) is 0 Å². The lowest BCUT2D eigenvalue weighted by molar-refractivity contribution is 0.562. The molecule has 0 aliphatic rings. The lowest BCUT2D eigenvalue weighted by Gasteiger charge is -2.13. The van der Waals surface area contributed by atoms with E-state index in [2.05, 4.69) is 12.2 Å². The summed E-state index contributed by atoms with van der Waals surface area (Å²) < 4.78 is 12.8. The summed E-state index contributed by atoms with van der Waals surface area (Å²) in [5.41, 5.74) is 1.01. The van der Waals surface area contributed by atoms with Crippen molar-refractivity contribution in [3.63, 3.8) is 0 Å². The fourth-order valence-corrected chi connectivity index (χ4v) is 1.25. The van der Waals surface area contributed by atoms with Crippen LogP contribution < -0.4 is 5.32 Å². The van der Waals surface area contributed by atoms with Crippen molar-refractivity contribution >= 4 is 0 Å². The van der Waals surface area contributed by atoms with Crippen LogP contribution in [0.5, 0.6) is 0 Å². The van der Waals surface area contributed by atoms with Gasteiger partial charge in [-0.05, 0) is 37.6 Å². The SMILES string of the molecule is CCCN[C@@H](C)c1cccc(F)c1. The Morgan fingerprint density at radius 3 is 2.85 bits per heavy atom. The number of rotatable bonds is 4. The lowest BCUT2D eigenvalue weighted by Crippen LogP contribution is -2.19. The molecule has 0 saturated carbocycles. The van der Waals surface area contributed by atoms with Gasteiger partial charge in [0.25, 0.3) is 0 Å². The third-order valence-electron chi connectivity index (χ3n) is 2.05. The molecule has 0 aliphatic carbocycles. The number of halogens is 1. The summed E-state index contributed by atoms with van der Waals surface area (Å²) in [6, 6.07) is 6.96. The molecular formula is C11H16FN. The maximum Gasteiger partial charge on any atom is 0.123 e. The normalized spacial score (nSPS) is 12.8. The third-order valence-corrected chi connectivity index (χ3v) is 2.05. The first kappa shape index (κ1) is 10.2. The molecule has 1 N–H and O–H groups in total. The summed E-state index contributed by atoms with van der Waals surface area (Å²) in [4.78, 5) is 0. The van der Waals surface area contributed by atoms with Crippen LogP contribution in [0.3, 0.4) is 0 Å². The van der Waals surface area contributed by atoms with E-state index in [-0.39, 0.29) is 11.9 Å². The van der Waals surface area contributed by atoms with Crippen LogP contribution in [-0.2, 0) is 0 Å². The lowest BCUT2D eigenvalue weighted by atomic mass is 10.1. The van der Waals surface area contributed by atoms with Crippen molar-refractivity contribution in [3.05, 3.63) is 35.6 Å². The van der Waals surface area contributed by atoms with E-state index in [1.807, 2.05) is 13.0 Å². The van der Waals surface area contributed by atoms with Gasteiger partial charge in [0.05, 0.1) is 0 Å². The van der Waals surface area contributed by atoms with E-state index in [0.717, 1.165) is 18.5 Å². The molecule has 0 aliphatic heterocycles. The molecule has 0 fully saturated rings. The molecule has 0 amide bonds. The van der Waals surface area contributed by atoms with E-state index < -0.39 is 0 Å². The number of hydrogen-bond acceptors (Lipinski definition) is 1. The van der Waals surface area contributed by atoms with Crippen LogP contribution in [0.15, 0.2) is 24.3 Å². The van der Waals surface area contributed by atoms with Crippen molar-refractivity contribution in [2.75, 3.05) is 6.54 Å². The first-order chi connectivity index (χ1) is 6.24. The van der Waals surface area contributed by atoms with Crippen molar-refractivity contribution < 1.29 is 4.39 Å². The molecule has 0 radical (unpaired) electrons. The van der Waals surface area contributed by atoms with Gasteiger partial charge < -0.3 is 5.32 Å². The molecule has 0 unspecified atom stereocenters. The molecule has 0 saturated heterocycles. The van der Waals surface area contributed by atoms with Crippen molar-refractivity contribution in [2.45, 2.75) is 26.3 Å². The quantitative estimate of drug-likeness (QED) is 0.753. The maximum absolute atomic E-state index is 12.8. The predicted molar refractivity (Wildman–Crippen MR) is 53.1 cm³/mol. The molecule has 1 atom stereocenters. The smallest absolute Gasteiger partial charge is 0.123 e. The minimum Gasteiger partial charge on any atom is -0.310 e. The molecule has 72 valence electrons. The maximum atomic E-state index is 12.8. The summed E-state index contributed by atoms with van der Waals surface area (Å²) in [7, 11) is 0. The van der Waals surface area contributed by atoms with Crippen LogP contribution in [0.25, 0.3) is 0 Å². The molecular weight excluding hydrogens is 165 g/mol. The predicted octanol–water partition coefficient (Wildman–Crippen LogP) is 2.89. The molecule has 0 bridgehead atoms. The van der Waals surface area contributed by atoms with Crippen LogP contribution >= 0.6 is 0 Å². The Morgan fingerprint density at radius 1 is 1.46 bits per heavy atom. The highest BCUT2D eigenvalue weighted by molar-refractivity contribution is 5.19. The van der Waals surface area contributed by atoms with E-state index in [0.29, 0.717) is 0 Å². The number of nitrogens with one attached hydrogen (secondary N) is 1. The highest BCUT2D eigenvalue weighted by Crippen LogP contribution is 2.12. The van der Waals surface area contributed by atoms with Crippen molar-refractivity contribution in [2.24, 2.45) is 0 Å². The molecule has 2 heteroatoms. The minimum atomic E-state index is -0.164. The summed E-state index contributed by atoms with van der Waals surface area (Å²) in [5.74, 6) is -0.164. The Hall–Kier alpha value is -0.890. The molecule has 1 aromatic carbocycles. The third kappa shape index (κ3) is 3.15. The monoisotopic (exact) mass is 181 g/mol. The van der Waals surface area contributed by atoms with Crippen LogP contribution in [0.1, 0.15) is 31.9 Å². The average molecular weight is 181 g/mol. The molecule has 1 aromatic rings. The summed E-state index contributed by atoms with van der Waals surface area (Å²) in [6.07, 6.45) is 1.10. The average Bonchev–Trinajstić information content (AvgIpc) is 2.14. The second kappa shape index (κ2) is 4.97. The van der Waals surface area contributed by atoms with Crippen molar-refractivity contribution in [1.29, 1.82) is 0 Å². The van der Waals surface area contributed by atoms with E-state index in [1.54, 1.807) is 12.1 Å². The molecule has 0 heterocycles. The summed E-state index contributed by atoms with van der Waals surface area (Å²) in [6.45, 7) is 5.13. The summed E-state index contributed by atoms with van der Waals surface area (Å²) >= 11 is 0.